The molecule has 0 saturated heterocycles. The fourth-order valence-electron chi connectivity index (χ4n) is 1.93. The Morgan fingerprint density at radius 3 is 2.87 bits per heavy atom. The van der Waals surface area contributed by atoms with Gasteiger partial charge in [-0.05, 0) is 24.3 Å². The van der Waals surface area contributed by atoms with Crippen molar-refractivity contribution in [2.45, 2.75) is 0 Å². The second-order valence-electron chi connectivity index (χ2n) is 4.59. The molecule has 23 heavy (non-hydrogen) atoms. The number of nitrogens with one attached hydrogen (secondary N) is 1. The van der Waals surface area contributed by atoms with E-state index in [0.717, 1.165) is 0 Å². The van der Waals surface area contributed by atoms with E-state index in [4.69, 9.17) is 20.8 Å². The number of benzene rings is 1. The number of halogens is 1. The molecule has 1 aromatic carbocycles. The summed E-state index contributed by atoms with van der Waals surface area (Å²) >= 11 is 5.91. The number of aromatic nitrogens is 4. The van der Waals surface area contributed by atoms with Crippen molar-refractivity contribution in [3.05, 3.63) is 41.0 Å². The van der Waals surface area contributed by atoms with Gasteiger partial charge in [-0.15, -0.1) is 5.10 Å². The molecule has 3 aromatic rings. The molecule has 9 heteroatoms. The molecule has 118 valence electrons. The van der Waals surface area contributed by atoms with Gasteiger partial charge >= 0.3 is 6.01 Å². The monoisotopic (exact) mass is 333 g/mol. The second-order valence-corrected chi connectivity index (χ2v) is 5.02. The minimum Gasteiger partial charge on any atom is -0.496 e. The standard InChI is InChI=1S/C14H12ClN5O3/c1-20-6-5-10(19-20)13-17-18-14(23-13)16-12(21)9-7-8(15)3-4-11(9)22-2/h3-7H,1-2H3,(H,16,18,21). The summed E-state index contributed by atoms with van der Waals surface area (Å²) in [5.74, 6) is 0.121. The molecule has 1 amide bonds. The smallest absolute Gasteiger partial charge is 0.322 e. The molecule has 0 aliphatic heterocycles. The van der Waals surface area contributed by atoms with Crippen LogP contribution in [0.15, 0.2) is 34.9 Å². The number of anilines is 1. The quantitative estimate of drug-likeness (QED) is 0.787. The van der Waals surface area contributed by atoms with E-state index in [1.54, 1.807) is 36.1 Å². The first-order valence-corrected chi connectivity index (χ1v) is 6.93. The summed E-state index contributed by atoms with van der Waals surface area (Å²) in [7, 11) is 3.24. The van der Waals surface area contributed by atoms with Crippen molar-refractivity contribution >= 4 is 23.5 Å². The maximum absolute atomic E-state index is 12.3. The number of aryl methyl sites for hydroxylation is 1. The molecular formula is C14H12ClN5O3. The van der Waals surface area contributed by atoms with Crippen LogP contribution in [0.1, 0.15) is 10.4 Å². The minimum absolute atomic E-state index is 0.0438. The van der Waals surface area contributed by atoms with Crippen LogP contribution in [0.25, 0.3) is 11.6 Å². The van der Waals surface area contributed by atoms with E-state index in [1.807, 2.05) is 0 Å². The first-order chi connectivity index (χ1) is 11.1. The van der Waals surface area contributed by atoms with Crippen LogP contribution in [-0.2, 0) is 7.05 Å². The largest absolute Gasteiger partial charge is 0.496 e. The van der Waals surface area contributed by atoms with E-state index in [9.17, 15) is 4.79 Å². The number of nitrogens with zero attached hydrogens (tertiary/aromatic N) is 4. The van der Waals surface area contributed by atoms with Crippen molar-refractivity contribution in [3.8, 4) is 17.3 Å². The van der Waals surface area contributed by atoms with Crippen molar-refractivity contribution in [2.24, 2.45) is 7.05 Å². The molecule has 0 spiro atoms. The van der Waals surface area contributed by atoms with Crippen LogP contribution in [0.2, 0.25) is 5.02 Å². The maximum atomic E-state index is 12.3. The zero-order valence-electron chi connectivity index (χ0n) is 12.3. The highest BCUT2D eigenvalue weighted by Gasteiger charge is 2.17. The lowest BCUT2D eigenvalue weighted by Gasteiger charge is -2.07. The van der Waals surface area contributed by atoms with Gasteiger partial charge in [0.15, 0.2) is 0 Å². The average molecular weight is 334 g/mol. The van der Waals surface area contributed by atoms with Crippen molar-refractivity contribution in [1.82, 2.24) is 20.0 Å². The van der Waals surface area contributed by atoms with Crippen molar-refractivity contribution < 1.29 is 13.9 Å². The summed E-state index contributed by atoms with van der Waals surface area (Å²) in [5.41, 5.74) is 0.776. The SMILES string of the molecule is COc1ccc(Cl)cc1C(=O)Nc1nnc(-c2ccn(C)n2)o1. The van der Waals surface area contributed by atoms with E-state index in [1.165, 1.54) is 13.2 Å². The highest BCUT2D eigenvalue weighted by atomic mass is 35.5. The molecule has 0 fully saturated rings. The maximum Gasteiger partial charge on any atom is 0.322 e. The number of carbonyl (C=O) groups excluding carboxylic acids is 1. The van der Waals surface area contributed by atoms with Gasteiger partial charge in [-0.25, -0.2) is 0 Å². The third-order valence-electron chi connectivity index (χ3n) is 2.98. The van der Waals surface area contributed by atoms with Gasteiger partial charge in [-0.2, -0.15) is 5.10 Å². The molecule has 0 saturated carbocycles. The number of carbonyl (C=O) groups is 1. The van der Waals surface area contributed by atoms with Crippen LogP contribution in [0.3, 0.4) is 0 Å². The van der Waals surface area contributed by atoms with Crippen molar-refractivity contribution in [1.29, 1.82) is 0 Å². The van der Waals surface area contributed by atoms with Gasteiger partial charge in [0.05, 0.1) is 12.7 Å². The first-order valence-electron chi connectivity index (χ1n) is 6.55. The predicted molar refractivity (Wildman–Crippen MR) is 82.5 cm³/mol. The van der Waals surface area contributed by atoms with Crippen LogP contribution in [0, 0.1) is 0 Å². The summed E-state index contributed by atoms with van der Waals surface area (Å²) in [6.45, 7) is 0. The van der Waals surface area contributed by atoms with Crippen LogP contribution in [0.5, 0.6) is 5.75 Å². The molecule has 1 N–H and O–H groups in total. The normalized spacial score (nSPS) is 10.6. The molecule has 0 bridgehead atoms. The molecule has 0 unspecified atom stereocenters. The Hall–Kier alpha value is -2.87. The third-order valence-corrected chi connectivity index (χ3v) is 3.22. The highest BCUT2D eigenvalue weighted by molar-refractivity contribution is 6.31. The Labute approximate surface area is 136 Å². The van der Waals surface area contributed by atoms with E-state index in [2.05, 4.69) is 20.6 Å². The van der Waals surface area contributed by atoms with Gasteiger partial charge in [0.2, 0.25) is 0 Å². The number of rotatable bonds is 4. The third kappa shape index (κ3) is 3.16. The summed E-state index contributed by atoms with van der Waals surface area (Å²) in [5, 5.41) is 14.7. The van der Waals surface area contributed by atoms with E-state index in [0.29, 0.717) is 16.5 Å². The number of hydrogen-bond donors (Lipinski definition) is 1. The molecule has 2 aromatic heterocycles. The topological polar surface area (TPSA) is 95.1 Å². The zero-order chi connectivity index (χ0) is 16.4. The second kappa shape index (κ2) is 6.09. The summed E-state index contributed by atoms with van der Waals surface area (Å²) in [4.78, 5) is 12.3. The lowest BCUT2D eigenvalue weighted by Crippen LogP contribution is -2.13. The Kier molecular flexibility index (Phi) is 3.98. The number of amides is 1. The molecule has 0 radical (unpaired) electrons. The molecule has 8 nitrogen and oxygen atoms in total. The Balaban J connectivity index is 1.81. The number of hydrogen-bond acceptors (Lipinski definition) is 6. The summed E-state index contributed by atoms with van der Waals surface area (Å²) in [6, 6.07) is 6.40. The van der Waals surface area contributed by atoms with Gasteiger partial charge in [0.25, 0.3) is 11.8 Å². The highest BCUT2D eigenvalue weighted by Crippen LogP contribution is 2.24. The molecule has 3 rings (SSSR count). The first kappa shape index (κ1) is 15.0. The van der Waals surface area contributed by atoms with Crippen molar-refractivity contribution in [3.63, 3.8) is 0 Å². The molecule has 0 aliphatic rings. The van der Waals surface area contributed by atoms with Gasteiger partial charge in [0.1, 0.15) is 11.4 Å². The number of methoxy groups -OCH3 is 1. The summed E-state index contributed by atoms with van der Waals surface area (Å²) < 4.78 is 12.1. The van der Waals surface area contributed by atoms with Crippen LogP contribution < -0.4 is 10.1 Å². The average Bonchev–Trinajstić information content (AvgIpc) is 3.16. The van der Waals surface area contributed by atoms with Gasteiger partial charge in [-0.1, -0.05) is 16.7 Å². The molecular weight excluding hydrogens is 322 g/mol. The van der Waals surface area contributed by atoms with E-state index < -0.39 is 5.91 Å². The Morgan fingerprint density at radius 1 is 1.35 bits per heavy atom. The lowest BCUT2D eigenvalue weighted by molar-refractivity contribution is 0.102. The molecule has 2 heterocycles. The molecule has 0 aliphatic carbocycles. The van der Waals surface area contributed by atoms with Crippen molar-refractivity contribution in [2.75, 3.05) is 12.4 Å². The molecule has 0 atom stereocenters. The summed E-state index contributed by atoms with van der Waals surface area (Å²) in [6.07, 6.45) is 1.74. The van der Waals surface area contributed by atoms with Gasteiger partial charge < -0.3 is 9.15 Å². The van der Waals surface area contributed by atoms with E-state index >= 15 is 0 Å². The van der Waals surface area contributed by atoms with Gasteiger partial charge in [-0.3, -0.25) is 14.8 Å². The van der Waals surface area contributed by atoms with Crippen LogP contribution in [-0.4, -0.2) is 33.0 Å². The van der Waals surface area contributed by atoms with E-state index in [-0.39, 0.29) is 17.5 Å². The minimum atomic E-state index is -0.472. The van der Waals surface area contributed by atoms with Crippen LogP contribution >= 0.6 is 11.6 Å². The zero-order valence-corrected chi connectivity index (χ0v) is 13.0. The van der Waals surface area contributed by atoms with Crippen LogP contribution in [0.4, 0.5) is 6.01 Å². The number of ether oxygens (including phenoxy) is 1. The fourth-order valence-corrected chi connectivity index (χ4v) is 2.10. The Morgan fingerprint density at radius 2 is 2.17 bits per heavy atom. The fraction of sp³-hybridized carbons (Fsp3) is 0.143. The predicted octanol–water partition coefficient (Wildman–Crippen LogP) is 2.38. The lowest BCUT2D eigenvalue weighted by atomic mass is 10.2. The Bertz CT molecular complexity index is 858. The van der Waals surface area contributed by atoms with Gasteiger partial charge in [0, 0.05) is 18.3 Å².